The number of fused-ring (bicyclic) bond motifs is 2. The van der Waals surface area contributed by atoms with Gasteiger partial charge in [0.2, 0.25) is 41.4 Å². The Kier molecular flexibility index (Phi) is 16.4. The minimum atomic E-state index is -1.23. The lowest BCUT2D eigenvalue weighted by molar-refractivity contribution is -0.146. The van der Waals surface area contributed by atoms with Crippen LogP contribution in [0.1, 0.15) is 140 Å². The molecule has 19 heteroatoms. The first-order valence-corrected chi connectivity index (χ1v) is 25.2. The van der Waals surface area contributed by atoms with Crippen LogP contribution in [0.5, 0.6) is 0 Å². The summed E-state index contributed by atoms with van der Waals surface area (Å²) in [6.07, 6.45) is 5.03. The topological polar surface area (TPSA) is 253 Å². The van der Waals surface area contributed by atoms with Gasteiger partial charge in [-0.05, 0) is 132 Å². The number of amides is 8. The van der Waals surface area contributed by atoms with Gasteiger partial charge in [-0.2, -0.15) is 0 Å². The van der Waals surface area contributed by atoms with Gasteiger partial charge in [-0.1, -0.05) is 44.2 Å². The predicted octanol–water partition coefficient (Wildman–Crippen LogP) is 3.73. The molecule has 7 rings (SSSR count). The monoisotopic (exact) mass is 982 g/mol. The van der Waals surface area contributed by atoms with Crippen molar-refractivity contribution in [3.05, 3.63) is 69.6 Å². The zero-order chi connectivity index (χ0) is 51.3. The van der Waals surface area contributed by atoms with Crippen molar-refractivity contribution in [3.8, 4) is 0 Å². The number of piperidine rings is 1. The molecule has 4 heterocycles. The van der Waals surface area contributed by atoms with E-state index in [1.165, 1.54) is 9.47 Å². The number of imide groups is 1. The second kappa shape index (κ2) is 22.3. The van der Waals surface area contributed by atoms with Gasteiger partial charge in [-0.3, -0.25) is 48.0 Å². The van der Waals surface area contributed by atoms with Crippen LogP contribution in [0.3, 0.4) is 0 Å². The summed E-state index contributed by atoms with van der Waals surface area (Å²) in [6, 6.07) is 9.19. The van der Waals surface area contributed by atoms with E-state index in [-0.39, 0.29) is 75.0 Å². The zero-order valence-corrected chi connectivity index (χ0v) is 41.9. The zero-order valence-electron chi connectivity index (χ0n) is 41.9. The van der Waals surface area contributed by atoms with Crippen LogP contribution in [-0.2, 0) is 58.3 Å². The Bertz CT molecular complexity index is 2570. The van der Waals surface area contributed by atoms with E-state index in [0.717, 1.165) is 48.8 Å². The van der Waals surface area contributed by atoms with Crippen molar-refractivity contribution in [1.29, 1.82) is 0 Å². The molecule has 19 nitrogen and oxygen atoms in total. The van der Waals surface area contributed by atoms with Crippen LogP contribution in [0.4, 0.5) is 4.79 Å². The molecule has 1 saturated carbocycles. The number of rotatable bonds is 15. The van der Waals surface area contributed by atoms with Crippen LogP contribution in [0, 0.1) is 11.8 Å². The maximum Gasteiger partial charge on any atom is 0.408 e. The van der Waals surface area contributed by atoms with Gasteiger partial charge in [0.1, 0.15) is 29.8 Å². The highest BCUT2D eigenvalue weighted by atomic mass is 16.6. The number of primary amides is 1. The molecular weight excluding hydrogens is 911 g/mol. The molecule has 2 aromatic carbocycles. The molecule has 1 aromatic heterocycles. The number of carbonyl (C=O) groups excluding carboxylic acids is 8. The van der Waals surface area contributed by atoms with Crippen molar-refractivity contribution < 1.29 is 43.1 Å². The Morgan fingerprint density at radius 3 is 2.21 bits per heavy atom. The van der Waals surface area contributed by atoms with Crippen molar-refractivity contribution in [1.82, 2.24) is 40.2 Å². The van der Waals surface area contributed by atoms with Crippen LogP contribution in [0.15, 0.2) is 47.3 Å². The summed E-state index contributed by atoms with van der Waals surface area (Å²) in [7, 11) is 1.68. The maximum atomic E-state index is 14.7. The highest BCUT2D eigenvalue weighted by Crippen LogP contribution is 2.35. The van der Waals surface area contributed by atoms with E-state index in [1.54, 1.807) is 37.3 Å². The van der Waals surface area contributed by atoms with Crippen LogP contribution in [0.25, 0.3) is 11.0 Å². The third-order valence-electron chi connectivity index (χ3n) is 14.6. The van der Waals surface area contributed by atoms with Gasteiger partial charge in [0.25, 0.3) is 0 Å². The number of nitrogens with two attached hydrogens (primary N) is 1. The highest BCUT2D eigenvalue weighted by molar-refractivity contribution is 6.00. The first-order valence-electron chi connectivity index (χ1n) is 25.2. The molecule has 8 amide bonds. The summed E-state index contributed by atoms with van der Waals surface area (Å²) in [5.41, 5.74) is 8.70. The van der Waals surface area contributed by atoms with E-state index in [9.17, 15) is 43.2 Å². The molecule has 71 heavy (non-hydrogen) atoms. The summed E-state index contributed by atoms with van der Waals surface area (Å²) in [5.74, 6) is -2.36. The van der Waals surface area contributed by atoms with E-state index < -0.39 is 71.4 Å². The largest absolute Gasteiger partial charge is 0.444 e. The number of alkyl carbamates (subject to hydrolysis) is 1. The van der Waals surface area contributed by atoms with Crippen LogP contribution < -0.4 is 32.7 Å². The summed E-state index contributed by atoms with van der Waals surface area (Å²) in [4.78, 5) is 123. The number of benzene rings is 2. The number of imidazole rings is 1. The van der Waals surface area contributed by atoms with Crippen molar-refractivity contribution in [2.24, 2.45) is 24.6 Å². The van der Waals surface area contributed by atoms with Crippen LogP contribution >= 0.6 is 0 Å². The fourth-order valence-electron chi connectivity index (χ4n) is 10.7. The lowest BCUT2D eigenvalue weighted by Crippen LogP contribution is -2.62. The molecule has 5 atom stereocenters. The van der Waals surface area contributed by atoms with E-state index in [4.69, 9.17) is 10.5 Å². The van der Waals surface area contributed by atoms with Gasteiger partial charge < -0.3 is 36.2 Å². The number of aryl methyl sites for hydroxylation is 1. The number of nitrogens with one attached hydrogen (secondary N) is 4. The average molecular weight is 982 g/mol. The van der Waals surface area contributed by atoms with E-state index in [0.29, 0.717) is 42.3 Å². The Morgan fingerprint density at radius 1 is 0.859 bits per heavy atom. The molecule has 0 radical (unpaired) electrons. The molecule has 0 spiro atoms. The standard InChI is InChI=1S/C52H71N9O10/c1-30(2)35-14-11-33(12-15-35)28-54-46(65)37(17-21-43(53)62)55-47(66)40-19-16-36-23-24-59(29-38(49(68)60(36)40)56-50(69)71-52(3,4)5)45(64)27-32-9-7-31(8-10-32)25-34-13-18-39-42(26-34)58(6)51(70)61(39)41-20-22-44(63)57-48(41)67/h11-15,18,26,30-32,36-38,40-41H,7-10,16-17,19-25,27-29H2,1-6H3,(H2,53,62)(H,54,65)(H,55,66)(H,56,69)(H,57,63,67)/t31-,32+,36-,37+,38+,40+,41?/m1/s1. The second-order valence-corrected chi connectivity index (χ2v) is 21.3. The summed E-state index contributed by atoms with van der Waals surface area (Å²) < 4.78 is 8.57. The SMILES string of the molecule is CC(C)c1ccc(CNC(=O)[C@H](CCC(N)=O)NC(=O)[C@@H]2CC[C@@H]3CCN(C(=O)C[C@H]4CC[C@@H](Cc5ccc6c(c5)n(C)c(=O)n6C5CCC(=O)NC5=O)CC4)C[C@H](NC(=O)OC(C)(C)C)C(=O)N32)cc1. The van der Waals surface area contributed by atoms with Crippen molar-refractivity contribution in [2.45, 2.75) is 166 Å². The molecule has 6 N–H and O–H groups in total. The first kappa shape index (κ1) is 52.3. The minimum absolute atomic E-state index is 0.0465. The molecule has 3 aliphatic heterocycles. The van der Waals surface area contributed by atoms with Crippen molar-refractivity contribution in [2.75, 3.05) is 13.1 Å². The molecule has 0 bridgehead atoms. The Hall–Kier alpha value is -6.53. The fraction of sp³-hybridized carbons (Fsp3) is 0.596. The molecule has 4 aliphatic rings. The predicted molar refractivity (Wildman–Crippen MR) is 263 cm³/mol. The molecule has 3 saturated heterocycles. The second-order valence-electron chi connectivity index (χ2n) is 21.3. The Labute approximate surface area is 414 Å². The van der Waals surface area contributed by atoms with E-state index in [1.807, 2.05) is 42.5 Å². The van der Waals surface area contributed by atoms with Gasteiger partial charge in [0, 0.05) is 45.4 Å². The van der Waals surface area contributed by atoms with Crippen molar-refractivity contribution in [3.63, 3.8) is 0 Å². The Morgan fingerprint density at radius 2 is 1.55 bits per heavy atom. The lowest BCUT2D eigenvalue weighted by atomic mass is 9.78. The van der Waals surface area contributed by atoms with Gasteiger partial charge in [-0.25, -0.2) is 9.59 Å². The number of aromatic nitrogens is 2. The first-order chi connectivity index (χ1) is 33.6. The smallest absolute Gasteiger partial charge is 0.408 e. The molecule has 4 fully saturated rings. The number of nitrogens with zero attached hydrogens (tertiary/aromatic N) is 4. The normalized spacial score (nSPS) is 23.3. The summed E-state index contributed by atoms with van der Waals surface area (Å²) >= 11 is 0. The van der Waals surface area contributed by atoms with Crippen LogP contribution in [0.2, 0.25) is 0 Å². The molecule has 1 unspecified atom stereocenters. The van der Waals surface area contributed by atoms with E-state index in [2.05, 4.69) is 35.1 Å². The quantitative estimate of drug-likeness (QED) is 0.138. The summed E-state index contributed by atoms with van der Waals surface area (Å²) in [5, 5.41) is 10.7. The van der Waals surface area contributed by atoms with Crippen LogP contribution in [-0.4, -0.2) is 109 Å². The molecular formula is C52H71N9O10. The van der Waals surface area contributed by atoms with Gasteiger partial charge in [0.15, 0.2) is 0 Å². The number of hydrogen-bond acceptors (Lipinski definition) is 10. The average Bonchev–Trinajstić information content (AvgIpc) is 3.84. The lowest BCUT2D eigenvalue weighted by Gasteiger charge is -2.39. The minimum Gasteiger partial charge on any atom is -0.444 e. The van der Waals surface area contributed by atoms with E-state index >= 15 is 0 Å². The highest BCUT2D eigenvalue weighted by Gasteiger charge is 2.46. The third kappa shape index (κ3) is 12.9. The number of hydrogen-bond donors (Lipinski definition) is 5. The number of ether oxygens (including phenoxy) is 1. The van der Waals surface area contributed by atoms with Gasteiger partial charge in [0.05, 0.1) is 17.6 Å². The molecule has 1 aliphatic carbocycles. The number of carbonyl (C=O) groups is 8. The van der Waals surface area contributed by atoms with Crippen molar-refractivity contribution >= 4 is 58.5 Å². The fourth-order valence-corrected chi connectivity index (χ4v) is 10.7. The van der Waals surface area contributed by atoms with Gasteiger partial charge >= 0.3 is 11.8 Å². The third-order valence-corrected chi connectivity index (χ3v) is 14.6. The Balaban J connectivity index is 0.979. The molecule has 3 aromatic rings. The maximum absolute atomic E-state index is 14.7. The van der Waals surface area contributed by atoms with Gasteiger partial charge in [-0.15, -0.1) is 0 Å². The molecule has 384 valence electrons. The summed E-state index contributed by atoms with van der Waals surface area (Å²) in [6.45, 7) is 9.65.